The molecule has 0 saturated carbocycles. The van der Waals surface area contributed by atoms with Crippen molar-refractivity contribution in [2.45, 2.75) is 33.6 Å². The summed E-state index contributed by atoms with van der Waals surface area (Å²) in [4.78, 5) is 0. The molecule has 0 aromatic heterocycles. The Balaban J connectivity index is 0.000000791. The Morgan fingerprint density at radius 1 is 1.21 bits per heavy atom. The molecular weight excluding hydrogens is 168 g/mol. The molecule has 0 heterocycles. The Morgan fingerprint density at radius 2 is 1.79 bits per heavy atom. The van der Waals surface area contributed by atoms with Crippen molar-refractivity contribution in [2.75, 3.05) is 0 Å². The Morgan fingerprint density at radius 3 is 2.21 bits per heavy atom. The summed E-state index contributed by atoms with van der Waals surface area (Å²) >= 11 is 0. The number of hydrogen-bond donors (Lipinski definition) is 0. The van der Waals surface area contributed by atoms with Crippen molar-refractivity contribution in [1.29, 1.82) is 0 Å². The fraction of sp³-hybridized carbons (Fsp3) is 0.429. The van der Waals surface area contributed by atoms with Crippen molar-refractivity contribution < 1.29 is 0 Å². The summed E-state index contributed by atoms with van der Waals surface area (Å²) in [5.41, 5.74) is 1.34. The van der Waals surface area contributed by atoms with Crippen LogP contribution in [0.3, 0.4) is 0 Å². The number of hydrogen-bond acceptors (Lipinski definition) is 0. The van der Waals surface area contributed by atoms with Crippen molar-refractivity contribution in [3.8, 4) is 12.3 Å². The molecule has 1 atom stereocenters. The number of benzene rings is 1. The summed E-state index contributed by atoms with van der Waals surface area (Å²) in [6, 6.07) is 10.4. The second-order valence-corrected chi connectivity index (χ2v) is 2.96. The fourth-order valence-electron chi connectivity index (χ4n) is 1.22. The Bertz CT molecular complexity index is 253. The topological polar surface area (TPSA) is 0 Å². The van der Waals surface area contributed by atoms with Crippen LogP contribution in [-0.2, 0) is 6.42 Å². The van der Waals surface area contributed by atoms with Gasteiger partial charge in [-0.1, -0.05) is 51.1 Å². The highest BCUT2D eigenvalue weighted by molar-refractivity contribution is 5.17. The van der Waals surface area contributed by atoms with Gasteiger partial charge in [0, 0.05) is 5.92 Å². The van der Waals surface area contributed by atoms with Crippen LogP contribution in [0.15, 0.2) is 30.3 Å². The van der Waals surface area contributed by atoms with Crippen LogP contribution >= 0.6 is 0 Å². The fourth-order valence-corrected chi connectivity index (χ4v) is 1.22. The Hall–Kier alpha value is -1.22. The average Bonchev–Trinajstić information content (AvgIpc) is 2.30. The molecule has 0 aliphatic rings. The van der Waals surface area contributed by atoms with Gasteiger partial charge in [-0.25, -0.2) is 0 Å². The first-order valence-electron chi connectivity index (χ1n) is 5.37. The van der Waals surface area contributed by atoms with E-state index in [1.807, 2.05) is 19.9 Å². The maximum absolute atomic E-state index is 5.38. The summed E-state index contributed by atoms with van der Waals surface area (Å²) < 4.78 is 0. The zero-order valence-corrected chi connectivity index (χ0v) is 9.46. The van der Waals surface area contributed by atoms with E-state index in [0.717, 1.165) is 12.8 Å². The molecule has 0 fully saturated rings. The lowest BCUT2D eigenvalue weighted by molar-refractivity contribution is 0.647. The summed E-state index contributed by atoms with van der Waals surface area (Å²) in [6.07, 6.45) is 7.45. The van der Waals surface area contributed by atoms with Gasteiger partial charge in [-0.15, -0.1) is 12.3 Å². The molecule has 0 spiro atoms. The van der Waals surface area contributed by atoms with Gasteiger partial charge in [0.2, 0.25) is 0 Å². The lowest BCUT2D eigenvalue weighted by atomic mass is 9.98. The average molecular weight is 188 g/mol. The minimum absolute atomic E-state index is 0.396. The van der Waals surface area contributed by atoms with Crippen LogP contribution in [0.5, 0.6) is 0 Å². The second kappa shape index (κ2) is 8.38. The Labute approximate surface area is 88.4 Å². The summed E-state index contributed by atoms with van der Waals surface area (Å²) in [5.74, 6) is 3.20. The molecule has 1 rings (SSSR count). The molecular formula is C14H20. The van der Waals surface area contributed by atoms with Crippen molar-refractivity contribution in [2.24, 2.45) is 5.92 Å². The minimum Gasteiger partial charge on any atom is -0.120 e. The highest BCUT2D eigenvalue weighted by atomic mass is 14.0. The molecule has 0 N–H and O–H groups in total. The standard InChI is InChI=1S/C12H14.C2H6/c1-3-11(4-2)10-12-8-6-5-7-9-12;1-2/h1,5-9,11H,4,10H2,2H3;1-2H3. The minimum atomic E-state index is 0.396. The molecule has 0 heteroatoms. The van der Waals surface area contributed by atoms with E-state index in [0.29, 0.717) is 5.92 Å². The molecule has 1 aromatic rings. The van der Waals surface area contributed by atoms with Gasteiger partial charge in [0.05, 0.1) is 0 Å². The third-order valence-corrected chi connectivity index (χ3v) is 2.05. The normalized spacial score (nSPS) is 10.7. The first-order valence-corrected chi connectivity index (χ1v) is 5.37. The predicted molar refractivity (Wildman–Crippen MR) is 64.1 cm³/mol. The lowest BCUT2D eigenvalue weighted by Crippen LogP contribution is -1.99. The molecule has 0 radical (unpaired) electrons. The maximum Gasteiger partial charge on any atom is 0.0238 e. The molecule has 0 bridgehead atoms. The van der Waals surface area contributed by atoms with E-state index < -0.39 is 0 Å². The highest BCUT2D eigenvalue weighted by Crippen LogP contribution is 2.10. The van der Waals surface area contributed by atoms with E-state index in [2.05, 4.69) is 37.1 Å². The van der Waals surface area contributed by atoms with E-state index >= 15 is 0 Å². The van der Waals surface area contributed by atoms with Crippen LogP contribution in [-0.4, -0.2) is 0 Å². The zero-order chi connectivity index (χ0) is 10.8. The first kappa shape index (κ1) is 12.8. The molecule has 14 heavy (non-hydrogen) atoms. The highest BCUT2D eigenvalue weighted by Gasteiger charge is 2.01. The van der Waals surface area contributed by atoms with Crippen molar-refractivity contribution >= 4 is 0 Å². The largest absolute Gasteiger partial charge is 0.120 e. The molecule has 0 saturated heterocycles. The van der Waals surface area contributed by atoms with Gasteiger partial charge in [0.25, 0.3) is 0 Å². The van der Waals surface area contributed by atoms with Crippen LogP contribution in [0.2, 0.25) is 0 Å². The van der Waals surface area contributed by atoms with Gasteiger partial charge in [-0.2, -0.15) is 0 Å². The van der Waals surface area contributed by atoms with Crippen LogP contribution in [0.25, 0.3) is 0 Å². The van der Waals surface area contributed by atoms with Gasteiger partial charge in [0.1, 0.15) is 0 Å². The van der Waals surface area contributed by atoms with Gasteiger partial charge in [0.15, 0.2) is 0 Å². The predicted octanol–water partition coefficient (Wildman–Crippen LogP) is 3.91. The molecule has 0 aliphatic heterocycles. The zero-order valence-electron chi connectivity index (χ0n) is 9.46. The second-order valence-electron chi connectivity index (χ2n) is 2.96. The third kappa shape index (κ3) is 4.72. The van der Waals surface area contributed by atoms with Gasteiger partial charge >= 0.3 is 0 Å². The lowest BCUT2D eigenvalue weighted by Gasteiger charge is -2.06. The summed E-state index contributed by atoms with van der Waals surface area (Å²) in [5, 5.41) is 0. The molecule has 76 valence electrons. The van der Waals surface area contributed by atoms with Crippen LogP contribution in [0.4, 0.5) is 0 Å². The molecule has 0 aliphatic carbocycles. The smallest absolute Gasteiger partial charge is 0.0238 e. The third-order valence-electron chi connectivity index (χ3n) is 2.05. The molecule has 0 amide bonds. The number of rotatable bonds is 3. The molecule has 1 aromatic carbocycles. The molecule has 1 unspecified atom stereocenters. The van der Waals surface area contributed by atoms with E-state index in [-0.39, 0.29) is 0 Å². The van der Waals surface area contributed by atoms with E-state index in [1.165, 1.54) is 5.56 Å². The van der Waals surface area contributed by atoms with Crippen LogP contribution in [0, 0.1) is 18.3 Å². The SMILES string of the molecule is C#CC(CC)Cc1ccccc1.CC. The van der Waals surface area contributed by atoms with Gasteiger partial charge < -0.3 is 0 Å². The van der Waals surface area contributed by atoms with Crippen LogP contribution < -0.4 is 0 Å². The van der Waals surface area contributed by atoms with Crippen LogP contribution in [0.1, 0.15) is 32.8 Å². The van der Waals surface area contributed by atoms with E-state index in [4.69, 9.17) is 6.42 Å². The van der Waals surface area contributed by atoms with Crippen molar-refractivity contribution in [3.05, 3.63) is 35.9 Å². The van der Waals surface area contributed by atoms with E-state index in [9.17, 15) is 0 Å². The van der Waals surface area contributed by atoms with Crippen molar-refractivity contribution in [1.82, 2.24) is 0 Å². The quantitative estimate of drug-likeness (QED) is 0.631. The molecule has 0 nitrogen and oxygen atoms in total. The maximum atomic E-state index is 5.38. The van der Waals surface area contributed by atoms with Crippen molar-refractivity contribution in [3.63, 3.8) is 0 Å². The number of terminal acetylenes is 1. The monoisotopic (exact) mass is 188 g/mol. The summed E-state index contributed by atoms with van der Waals surface area (Å²) in [7, 11) is 0. The van der Waals surface area contributed by atoms with Gasteiger partial charge in [-0.3, -0.25) is 0 Å². The van der Waals surface area contributed by atoms with E-state index in [1.54, 1.807) is 0 Å². The van der Waals surface area contributed by atoms with Gasteiger partial charge in [-0.05, 0) is 18.4 Å². The first-order chi connectivity index (χ1) is 6.86. The summed E-state index contributed by atoms with van der Waals surface area (Å²) in [6.45, 7) is 6.13. The Kier molecular flexibility index (Phi) is 7.65.